The first-order chi connectivity index (χ1) is 27.3. The number of benzene rings is 9. The van der Waals surface area contributed by atoms with Crippen LogP contribution in [0.15, 0.2) is 199 Å². The predicted molar refractivity (Wildman–Crippen MR) is 231 cm³/mol. The average molecular weight is 701 g/mol. The average Bonchev–Trinajstić information content (AvgIpc) is 3.90. The third-order valence-electron chi connectivity index (χ3n) is 11.5. The van der Waals surface area contributed by atoms with Gasteiger partial charge in [-0.25, -0.2) is 0 Å². The van der Waals surface area contributed by atoms with E-state index in [9.17, 15) is 0 Å². The molecule has 55 heavy (non-hydrogen) atoms. The molecule has 0 radical (unpaired) electrons. The van der Waals surface area contributed by atoms with Gasteiger partial charge in [-0.05, 0) is 118 Å². The molecule has 0 aliphatic heterocycles. The van der Waals surface area contributed by atoms with Gasteiger partial charge in [-0.1, -0.05) is 109 Å². The third kappa shape index (κ3) is 4.50. The van der Waals surface area contributed by atoms with E-state index in [2.05, 4.69) is 203 Å². The second kappa shape index (κ2) is 11.6. The summed E-state index contributed by atoms with van der Waals surface area (Å²) in [6.45, 7) is 0. The van der Waals surface area contributed by atoms with Gasteiger partial charge < -0.3 is 13.6 Å². The van der Waals surface area contributed by atoms with Crippen molar-refractivity contribution < 1.29 is 4.42 Å². The first-order valence-corrected chi connectivity index (χ1v) is 18.8. The fourth-order valence-electron chi connectivity index (χ4n) is 8.97. The van der Waals surface area contributed by atoms with E-state index in [4.69, 9.17) is 4.42 Å². The van der Waals surface area contributed by atoms with Gasteiger partial charge in [-0.15, -0.1) is 0 Å². The summed E-state index contributed by atoms with van der Waals surface area (Å²) in [6.07, 6.45) is 0. The standard InChI is InChI=1S/C52H32N2O/c1-3-12-38(13-4-1)53-46-18-10-9-17-41(46)44-29-34(22-26-47(44)53)36-19-24-42-43-25-20-37(32-51(43)55-50(42)31-36)35-23-27-48-45(30-35)52-40-16-8-7-11-33(40)21-28-49(52)54(48)39-14-5-2-6-15-39/h1-32H. The van der Waals surface area contributed by atoms with Gasteiger partial charge in [0.1, 0.15) is 11.2 Å². The molecule has 0 saturated carbocycles. The molecule has 0 saturated heterocycles. The van der Waals surface area contributed by atoms with Gasteiger partial charge in [0, 0.05) is 43.7 Å². The van der Waals surface area contributed by atoms with E-state index in [1.54, 1.807) is 0 Å². The molecular weight excluding hydrogens is 669 g/mol. The number of hydrogen-bond acceptors (Lipinski definition) is 1. The summed E-state index contributed by atoms with van der Waals surface area (Å²) in [5, 5.41) is 9.76. The summed E-state index contributed by atoms with van der Waals surface area (Å²) in [7, 11) is 0. The van der Waals surface area contributed by atoms with Crippen molar-refractivity contribution in [3.8, 4) is 33.6 Å². The fourth-order valence-corrected chi connectivity index (χ4v) is 8.97. The Kier molecular flexibility index (Phi) is 6.34. The molecule has 12 rings (SSSR count). The van der Waals surface area contributed by atoms with Gasteiger partial charge in [0.2, 0.25) is 0 Å². The van der Waals surface area contributed by atoms with Crippen LogP contribution in [0.3, 0.4) is 0 Å². The number of hydrogen-bond donors (Lipinski definition) is 0. The van der Waals surface area contributed by atoms with Gasteiger partial charge in [0.15, 0.2) is 0 Å². The highest BCUT2D eigenvalue weighted by Crippen LogP contribution is 2.41. The Morgan fingerprint density at radius 2 is 0.764 bits per heavy atom. The summed E-state index contributed by atoms with van der Waals surface area (Å²) >= 11 is 0. The first-order valence-electron chi connectivity index (χ1n) is 18.8. The zero-order chi connectivity index (χ0) is 36.0. The lowest BCUT2D eigenvalue weighted by atomic mass is 9.99. The van der Waals surface area contributed by atoms with Gasteiger partial charge in [-0.2, -0.15) is 0 Å². The summed E-state index contributed by atoms with van der Waals surface area (Å²) in [4.78, 5) is 0. The normalized spacial score (nSPS) is 12.0. The van der Waals surface area contributed by atoms with Crippen molar-refractivity contribution >= 4 is 76.3 Å². The van der Waals surface area contributed by atoms with E-state index >= 15 is 0 Å². The molecule has 0 bridgehead atoms. The summed E-state index contributed by atoms with van der Waals surface area (Å²) in [6, 6.07) is 70.1. The lowest BCUT2D eigenvalue weighted by molar-refractivity contribution is 0.669. The highest BCUT2D eigenvalue weighted by Gasteiger charge is 2.18. The SMILES string of the molecule is c1ccc(-n2c3ccccc3c3cc(-c4ccc5c(c4)oc4cc(-c6ccc7c(c6)c6c8ccccc8ccc6n7-c6ccccc6)ccc45)ccc32)cc1. The minimum Gasteiger partial charge on any atom is -0.456 e. The highest BCUT2D eigenvalue weighted by molar-refractivity contribution is 6.22. The van der Waals surface area contributed by atoms with Crippen molar-refractivity contribution in [3.63, 3.8) is 0 Å². The van der Waals surface area contributed by atoms with Crippen LogP contribution in [0.1, 0.15) is 0 Å². The topological polar surface area (TPSA) is 23.0 Å². The van der Waals surface area contributed by atoms with Crippen LogP contribution in [0, 0.1) is 0 Å². The molecule has 0 amide bonds. The van der Waals surface area contributed by atoms with Crippen molar-refractivity contribution in [2.45, 2.75) is 0 Å². The number of rotatable bonds is 4. The molecular formula is C52H32N2O. The lowest BCUT2D eigenvalue weighted by Gasteiger charge is -2.08. The van der Waals surface area contributed by atoms with E-state index < -0.39 is 0 Å². The van der Waals surface area contributed by atoms with Crippen molar-refractivity contribution in [2.75, 3.05) is 0 Å². The molecule has 256 valence electrons. The number of fused-ring (bicyclic) bond motifs is 11. The van der Waals surface area contributed by atoms with Gasteiger partial charge >= 0.3 is 0 Å². The van der Waals surface area contributed by atoms with Crippen LogP contribution in [-0.4, -0.2) is 9.13 Å². The zero-order valence-electron chi connectivity index (χ0n) is 29.8. The van der Waals surface area contributed by atoms with Gasteiger partial charge in [0.25, 0.3) is 0 Å². The lowest BCUT2D eigenvalue weighted by Crippen LogP contribution is -1.93. The number of furan rings is 1. The van der Waals surface area contributed by atoms with E-state index in [1.165, 1.54) is 65.5 Å². The molecule has 0 atom stereocenters. The molecule has 0 N–H and O–H groups in total. The van der Waals surface area contributed by atoms with Crippen LogP contribution in [0.5, 0.6) is 0 Å². The minimum absolute atomic E-state index is 0.892. The number of aromatic nitrogens is 2. The molecule has 3 nitrogen and oxygen atoms in total. The van der Waals surface area contributed by atoms with Crippen LogP contribution >= 0.6 is 0 Å². The Bertz CT molecular complexity index is 3470. The third-order valence-corrected chi connectivity index (χ3v) is 11.5. The largest absolute Gasteiger partial charge is 0.456 e. The first kappa shape index (κ1) is 30.1. The van der Waals surface area contributed by atoms with Crippen LogP contribution < -0.4 is 0 Å². The quantitative estimate of drug-likeness (QED) is 0.179. The zero-order valence-corrected chi connectivity index (χ0v) is 29.8. The summed E-state index contributed by atoms with van der Waals surface area (Å²) in [5.41, 5.74) is 13.5. The Balaban J connectivity index is 0.978. The molecule has 0 unspecified atom stereocenters. The fraction of sp³-hybridized carbons (Fsp3) is 0. The van der Waals surface area contributed by atoms with Crippen molar-refractivity contribution in [3.05, 3.63) is 194 Å². The van der Waals surface area contributed by atoms with Gasteiger partial charge in [0.05, 0.1) is 22.1 Å². The molecule has 3 heteroatoms. The predicted octanol–water partition coefficient (Wildman–Crippen LogP) is 14.3. The Morgan fingerprint density at radius 1 is 0.291 bits per heavy atom. The number of para-hydroxylation sites is 3. The van der Waals surface area contributed by atoms with E-state index in [-0.39, 0.29) is 0 Å². The number of nitrogens with zero attached hydrogens (tertiary/aromatic N) is 2. The van der Waals surface area contributed by atoms with Crippen LogP contribution in [-0.2, 0) is 0 Å². The second-order valence-electron chi connectivity index (χ2n) is 14.5. The maximum atomic E-state index is 6.67. The molecule has 0 fully saturated rings. The van der Waals surface area contributed by atoms with E-state index in [0.717, 1.165) is 44.4 Å². The summed E-state index contributed by atoms with van der Waals surface area (Å²) in [5.74, 6) is 0. The monoisotopic (exact) mass is 700 g/mol. The molecule has 3 aromatic heterocycles. The van der Waals surface area contributed by atoms with Crippen molar-refractivity contribution in [1.82, 2.24) is 9.13 Å². The molecule has 0 aliphatic carbocycles. The smallest absolute Gasteiger partial charge is 0.136 e. The maximum Gasteiger partial charge on any atom is 0.136 e. The Morgan fingerprint density at radius 3 is 1.44 bits per heavy atom. The van der Waals surface area contributed by atoms with E-state index in [1.807, 2.05) is 0 Å². The van der Waals surface area contributed by atoms with Gasteiger partial charge in [-0.3, -0.25) is 0 Å². The Labute approximate surface area is 316 Å². The highest BCUT2D eigenvalue weighted by atomic mass is 16.3. The molecule has 0 aliphatic rings. The summed E-state index contributed by atoms with van der Waals surface area (Å²) < 4.78 is 11.4. The maximum absolute atomic E-state index is 6.67. The van der Waals surface area contributed by atoms with Crippen molar-refractivity contribution in [1.29, 1.82) is 0 Å². The van der Waals surface area contributed by atoms with Crippen molar-refractivity contribution in [2.24, 2.45) is 0 Å². The van der Waals surface area contributed by atoms with Crippen LogP contribution in [0.4, 0.5) is 0 Å². The molecule has 3 heterocycles. The van der Waals surface area contributed by atoms with E-state index in [0.29, 0.717) is 0 Å². The minimum atomic E-state index is 0.892. The second-order valence-corrected chi connectivity index (χ2v) is 14.5. The van der Waals surface area contributed by atoms with Crippen LogP contribution in [0.2, 0.25) is 0 Å². The molecule has 12 aromatic rings. The molecule has 0 spiro atoms. The Hall–Kier alpha value is -7.36. The van der Waals surface area contributed by atoms with Crippen LogP contribution in [0.25, 0.3) is 110 Å². The molecule has 9 aromatic carbocycles.